The number of ketones is 1. The monoisotopic (exact) mass is 494 g/mol. The number of hydrogen-bond donors (Lipinski definition) is 0. The molecule has 0 N–H and O–H groups in total. The van der Waals surface area contributed by atoms with E-state index in [1.165, 1.54) is 12.0 Å². The second-order valence-corrected chi connectivity index (χ2v) is 9.45. The van der Waals surface area contributed by atoms with Crippen molar-refractivity contribution < 1.29 is 28.6 Å². The number of imide groups is 1. The lowest BCUT2D eigenvalue weighted by molar-refractivity contribution is -0.123. The molecule has 8 heteroatoms. The Morgan fingerprint density at radius 2 is 1.68 bits per heavy atom. The van der Waals surface area contributed by atoms with Gasteiger partial charge in [-0.1, -0.05) is 36.4 Å². The summed E-state index contributed by atoms with van der Waals surface area (Å²) in [6.07, 6.45) is 3.77. The summed E-state index contributed by atoms with van der Waals surface area (Å²) in [4.78, 5) is 45.3. The maximum absolute atomic E-state index is 14.1. The second-order valence-electron chi connectivity index (χ2n) is 9.45. The molecule has 0 radical (unpaired) electrons. The van der Waals surface area contributed by atoms with E-state index in [2.05, 4.69) is 0 Å². The summed E-state index contributed by atoms with van der Waals surface area (Å²) >= 11 is 0. The van der Waals surface area contributed by atoms with Crippen LogP contribution in [0.4, 0.5) is 5.69 Å². The van der Waals surface area contributed by atoms with E-state index in [1.54, 1.807) is 42.5 Å². The van der Waals surface area contributed by atoms with Crippen molar-refractivity contribution >= 4 is 29.4 Å². The summed E-state index contributed by atoms with van der Waals surface area (Å²) < 4.78 is 16.3. The average Bonchev–Trinajstić information content (AvgIpc) is 3.61. The smallest absolute Gasteiger partial charge is 0.240 e. The van der Waals surface area contributed by atoms with Crippen LogP contribution >= 0.6 is 0 Å². The summed E-state index contributed by atoms with van der Waals surface area (Å²) in [5, 5.41) is 0. The van der Waals surface area contributed by atoms with E-state index in [1.807, 2.05) is 41.4 Å². The lowest BCUT2D eigenvalue weighted by atomic mass is 9.83. The number of benzene rings is 3. The minimum absolute atomic E-state index is 0.0929. The number of carbonyl (C=O) groups is 3. The molecule has 4 unspecified atom stereocenters. The minimum Gasteiger partial charge on any atom is -0.495 e. The maximum atomic E-state index is 14.1. The molecule has 3 aromatic rings. The van der Waals surface area contributed by atoms with Crippen LogP contribution in [0.2, 0.25) is 0 Å². The molecule has 8 nitrogen and oxygen atoms in total. The molecule has 0 spiro atoms. The van der Waals surface area contributed by atoms with Gasteiger partial charge in [-0.15, -0.1) is 0 Å². The first-order chi connectivity index (χ1) is 18.1. The maximum Gasteiger partial charge on any atom is 0.240 e. The first-order valence-corrected chi connectivity index (χ1v) is 12.1. The van der Waals surface area contributed by atoms with Crippen LogP contribution in [0.15, 0.2) is 72.9 Å². The highest BCUT2D eigenvalue weighted by Gasteiger charge is 2.64. The molecular formula is C29H22N2O6. The largest absolute Gasteiger partial charge is 0.495 e. The number of Topliss-reactive ketones (excluding diaryl/α,β-unsaturated/α-hetero) is 1. The van der Waals surface area contributed by atoms with Gasteiger partial charge in [-0.05, 0) is 47.5 Å². The molecule has 2 fully saturated rings. The SMILES string of the molecule is COc1ccccc1N1C(=O)C2C(C1=O)C1c3ccccc3C=CN1C2C(=O)c1ccc2c(c1)OCO2. The highest BCUT2D eigenvalue weighted by Crippen LogP contribution is 2.54. The summed E-state index contributed by atoms with van der Waals surface area (Å²) in [5.74, 6) is -1.10. The van der Waals surface area contributed by atoms with Crippen LogP contribution in [0.1, 0.15) is 27.5 Å². The molecule has 7 rings (SSSR count). The molecule has 4 atom stereocenters. The standard InChI is InChI=1S/C29H22N2O6/c1-35-20-9-5-4-8-19(20)31-28(33)23-24(29(31)34)26(27(32)17-10-11-21-22(14-17)37-15-36-21)30-13-12-16-6-2-3-7-18(16)25(23)30/h2-14,23-26H,15H2,1H3. The number of anilines is 1. The number of nitrogens with zero attached hydrogens (tertiary/aromatic N) is 2. The van der Waals surface area contributed by atoms with Gasteiger partial charge in [0.15, 0.2) is 17.3 Å². The summed E-state index contributed by atoms with van der Waals surface area (Å²) in [6, 6.07) is 18.4. The van der Waals surface area contributed by atoms with Gasteiger partial charge in [0.2, 0.25) is 18.6 Å². The molecule has 4 aliphatic rings. The van der Waals surface area contributed by atoms with E-state index >= 15 is 0 Å². The third kappa shape index (κ3) is 2.98. The molecule has 0 bridgehead atoms. The first-order valence-electron chi connectivity index (χ1n) is 12.1. The van der Waals surface area contributed by atoms with Gasteiger partial charge in [-0.2, -0.15) is 0 Å². The van der Waals surface area contributed by atoms with E-state index in [4.69, 9.17) is 14.2 Å². The second kappa shape index (κ2) is 7.96. The predicted molar refractivity (Wildman–Crippen MR) is 133 cm³/mol. The Balaban J connectivity index is 1.37. The fourth-order valence-corrected chi connectivity index (χ4v) is 6.13. The van der Waals surface area contributed by atoms with Crippen molar-refractivity contribution in [2.24, 2.45) is 11.8 Å². The molecule has 4 aliphatic heterocycles. The minimum atomic E-state index is -0.865. The Labute approximate surface area is 212 Å². The first kappa shape index (κ1) is 21.7. The van der Waals surface area contributed by atoms with Crippen molar-refractivity contribution in [3.63, 3.8) is 0 Å². The van der Waals surface area contributed by atoms with Gasteiger partial charge in [0.25, 0.3) is 0 Å². The zero-order chi connectivity index (χ0) is 25.3. The number of methoxy groups -OCH3 is 1. The van der Waals surface area contributed by atoms with Crippen LogP contribution in [0, 0.1) is 11.8 Å². The Morgan fingerprint density at radius 1 is 0.919 bits per heavy atom. The van der Waals surface area contributed by atoms with Gasteiger partial charge < -0.3 is 19.1 Å². The van der Waals surface area contributed by atoms with Crippen LogP contribution in [-0.4, -0.2) is 42.4 Å². The quantitative estimate of drug-likeness (QED) is 0.403. The van der Waals surface area contributed by atoms with Gasteiger partial charge in [0, 0.05) is 11.8 Å². The molecule has 0 aliphatic carbocycles. The number of rotatable bonds is 4. The summed E-state index contributed by atoms with van der Waals surface area (Å²) in [5.41, 5.74) is 2.67. The molecule has 0 saturated carbocycles. The van der Waals surface area contributed by atoms with E-state index in [0.717, 1.165) is 11.1 Å². The van der Waals surface area contributed by atoms with Crippen LogP contribution in [0.3, 0.4) is 0 Å². The Morgan fingerprint density at radius 3 is 2.54 bits per heavy atom. The molecule has 37 heavy (non-hydrogen) atoms. The fourth-order valence-electron chi connectivity index (χ4n) is 6.13. The van der Waals surface area contributed by atoms with Crippen LogP contribution in [-0.2, 0) is 9.59 Å². The number of para-hydroxylation sites is 2. The Hall–Kier alpha value is -4.59. The molecule has 3 aromatic carbocycles. The van der Waals surface area contributed by atoms with Gasteiger partial charge >= 0.3 is 0 Å². The van der Waals surface area contributed by atoms with Gasteiger partial charge in [-0.25, -0.2) is 4.90 Å². The number of ether oxygens (including phenoxy) is 3. The Kier molecular flexibility index (Phi) is 4.66. The molecule has 2 amide bonds. The number of fused-ring (bicyclic) bond motifs is 6. The van der Waals surface area contributed by atoms with Crippen LogP contribution in [0.5, 0.6) is 17.2 Å². The summed E-state index contributed by atoms with van der Waals surface area (Å²) in [7, 11) is 1.50. The zero-order valence-corrected chi connectivity index (χ0v) is 19.9. The average molecular weight is 495 g/mol. The number of amides is 2. The van der Waals surface area contributed by atoms with Crippen molar-refractivity contribution in [2.75, 3.05) is 18.8 Å². The van der Waals surface area contributed by atoms with Crippen molar-refractivity contribution in [3.05, 3.63) is 89.6 Å². The van der Waals surface area contributed by atoms with E-state index < -0.39 is 29.8 Å². The Bertz CT molecular complexity index is 1510. The van der Waals surface area contributed by atoms with E-state index in [9.17, 15) is 14.4 Å². The molecular weight excluding hydrogens is 472 g/mol. The topological polar surface area (TPSA) is 85.4 Å². The number of hydrogen-bond acceptors (Lipinski definition) is 7. The van der Waals surface area contributed by atoms with Crippen molar-refractivity contribution in [1.29, 1.82) is 0 Å². The summed E-state index contributed by atoms with van der Waals surface area (Å²) in [6.45, 7) is 0.0929. The highest BCUT2D eigenvalue weighted by atomic mass is 16.7. The highest BCUT2D eigenvalue weighted by molar-refractivity contribution is 6.25. The molecule has 2 saturated heterocycles. The van der Waals surface area contributed by atoms with Crippen LogP contribution < -0.4 is 19.1 Å². The van der Waals surface area contributed by atoms with Crippen molar-refractivity contribution in [3.8, 4) is 17.2 Å². The van der Waals surface area contributed by atoms with Gasteiger partial charge in [0.1, 0.15) is 11.8 Å². The molecule has 0 aromatic heterocycles. The third-order valence-electron chi connectivity index (χ3n) is 7.71. The normalized spacial score (nSPS) is 24.7. The van der Waals surface area contributed by atoms with Crippen LogP contribution in [0.25, 0.3) is 6.08 Å². The predicted octanol–water partition coefficient (Wildman–Crippen LogP) is 3.82. The fraction of sp³-hybridized carbons (Fsp3) is 0.207. The number of carbonyl (C=O) groups excluding carboxylic acids is 3. The lowest BCUT2D eigenvalue weighted by Crippen LogP contribution is -2.44. The van der Waals surface area contributed by atoms with E-state index in [0.29, 0.717) is 28.5 Å². The van der Waals surface area contributed by atoms with Gasteiger partial charge in [-0.3, -0.25) is 14.4 Å². The van der Waals surface area contributed by atoms with Crippen molar-refractivity contribution in [2.45, 2.75) is 12.1 Å². The van der Waals surface area contributed by atoms with Crippen molar-refractivity contribution in [1.82, 2.24) is 4.90 Å². The lowest BCUT2D eigenvalue weighted by Gasteiger charge is -2.35. The van der Waals surface area contributed by atoms with Gasteiger partial charge in [0.05, 0.1) is 30.7 Å². The molecule has 184 valence electrons. The zero-order valence-electron chi connectivity index (χ0n) is 19.9. The molecule has 4 heterocycles. The van der Waals surface area contributed by atoms with E-state index in [-0.39, 0.29) is 18.5 Å². The third-order valence-corrected chi connectivity index (χ3v) is 7.71.